The molecule has 430 valence electrons. The van der Waals surface area contributed by atoms with Gasteiger partial charge in [-0.25, -0.2) is 4.79 Å². The minimum atomic E-state index is -0.676. The topological polar surface area (TPSA) is 124 Å². The van der Waals surface area contributed by atoms with Crippen molar-refractivity contribution in [1.29, 1.82) is 0 Å². The molecule has 4 aliphatic heterocycles. The quantitative estimate of drug-likeness (QED) is 0.151. The fourth-order valence-corrected chi connectivity index (χ4v) is 22.2. The molecule has 0 aromatic carbocycles. The number of amides is 2. The first-order valence-corrected chi connectivity index (χ1v) is 30.8. The zero-order valence-electron chi connectivity index (χ0n) is 48.2. The van der Waals surface area contributed by atoms with E-state index in [1.54, 1.807) is 0 Å². The second-order valence-electron chi connectivity index (χ2n) is 28.8. The van der Waals surface area contributed by atoms with Crippen LogP contribution in [0.3, 0.4) is 0 Å². The average molecular weight is 1060 g/mol. The molecule has 0 bridgehead atoms. The lowest BCUT2D eigenvalue weighted by molar-refractivity contribution is -0.195. The summed E-state index contributed by atoms with van der Waals surface area (Å²) in [6.07, 6.45) is 30.7. The summed E-state index contributed by atoms with van der Waals surface area (Å²) in [6.45, 7) is 29.6. The highest BCUT2D eigenvalue weighted by atomic mass is 16.7. The van der Waals surface area contributed by atoms with Crippen LogP contribution in [0.4, 0.5) is 4.79 Å². The largest absolute Gasteiger partial charge is 0.508 e. The molecule has 11 heteroatoms. The molecule has 12 aliphatic rings. The Morgan fingerprint density at radius 1 is 0.592 bits per heavy atom. The number of aliphatic hydroxyl groups is 1. The van der Waals surface area contributed by atoms with Gasteiger partial charge in [0.2, 0.25) is 12.8 Å². The Hall–Kier alpha value is -2.47. The van der Waals surface area contributed by atoms with Crippen LogP contribution < -0.4 is 0 Å². The number of carbonyl (C=O) groups is 3. The molecule has 10 unspecified atom stereocenters. The monoisotopic (exact) mass is 1060 g/mol. The summed E-state index contributed by atoms with van der Waals surface area (Å²) in [5.41, 5.74) is 0.934. The van der Waals surface area contributed by atoms with Gasteiger partial charge >= 0.3 is 6.16 Å². The van der Waals surface area contributed by atoms with Crippen LogP contribution in [-0.2, 0) is 33.3 Å². The summed E-state index contributed by atoms with van der Waals surface area (Å²) < 4.78 is 28.7. The van der Waals surface area contributed by atoms with Crippen LogP contribution in [-0.4, -0.2) is 103 Å². The fraction of sp³-hybridized carbons (Fsp3) is 0.892. The molecular weight excluding hydrogens is 953 g/mol. The number of rotatable bonds is 7. The van der Waals surface area contributed by atoms with Crippen molar-refractivity contribution in [2.45, 2.75) is 227 Å². The van der Waals surface area contributed by atoms with Gasteiger partial charge in [-0.1, -0.05) is 81.5 Å². The predicted octanol–water partition coefficient (Wildman–Crippen LogP) is 13.3. The lowest BCUT2D eigenvalue weighted by atomic mass is 9.44. The molecule has 12 fully saturated rings. The number of methoxy groups -OCH3 is 1. The van der Waals surface area contributed by atoms with Crippen molar-refractivity contribution in [1.82, 2.24) is 9.80 Å². The van der Waals surface area contributed by atoms with Gasteiger partial charge in [-0.2, -0.15) is 0 Å². The molecule has 0 aromatic heterocycles. The Labute approximate surface area is 460 Å². The van der Waals surface area contributed by atoms with Gasteiger partial charge in [-0.15, -0.1) is 6.58 Å². The normalized spacial score (nSPS) is 51.1. The molecule has 24 atom stereocenters. The van der Waals surface area contributed by atoms with E-state index in [4.69, 9.17) is 14.2 Å². The fourth-order valence-electron chi connectivity index (χ4n) is 22.2. The van der Waals surface area contributed by atoms with Crippen molar-refractivity contribution in [2.75, 3.05) is 33.4 Å². The first kappa shape index (κ1) is 58.2. The SMILES string of the molecule is C.C=CCOC(=O)OC.C=CCO[C@H]1CC[C@@]2(C)C(CC[C@@H]3C2CC[C@@]2(C)C3CC3O[C@@]4(CC[C@H](C)CN4C=O)[C@@H](C)C32)C1.C[C@H]1CC[C@@]2(OC3CC4[C@@H]5CCC6C[C@@H](O)CC[C@]6(C)C5CC[C@]4(C)C3[C@@H]2C)N(C=O)C1. The van der Waals surface area contributed by atoms with Gasteiger partial charge in [-0.05, 0) is 221 Å². The summed E-state index contributed by atoms with van der Waals surface area (Å²) >= 11 is 0. The molecule has 4 heterocycles. The molecule has 4 saturated heterocycles. The first-order chi connectivity index (χ1) is 35.8. The Kier molecular flexibility index (Phi) is 16.9. The van der Waals surface area contributed by atoms with Crippen molar-refractivity contribution >= 4 is 19.0 Å². The lowest BCUT2D eigenvalue weighted by Crippen LogP contribution is -2.59. The van der Waals surface area contributed by atoms with Gasteiger partial charge in [0.25, 0.3) is 0 Å². The second kappa shape index (κ2) is 22.1. The molecule has 12 rings (SSSR count). The van der Waals surface area contributed by atoms with Crippen LogP contribution >= 0.6 is 0 Å². The smallest absolute Gasteiger partial charge is 0.438 e. The third-order valence-corrected chi connectivity index (χ3v) is 25.8. The summed E-state index contributed by atoms with van der Waals surface area (Å²) in [5, 5.41) is 10.3. The third kappa shape index (κ3) is 9.31. The van der Waals surface area contributed by atoms with Crippen molar-refractivity contribution in [3.05, 3.63) is 25.3 Å². The first-order valence-electron chi connectivity index (χ1n) is 30.8. The second-order valence-corrected chi connectivity index (χ2v) is 28.8. The molecule has 1 N–H and O–H groups in total. The standard InChI is InChI=1S/C31H49NO3.C28H45NO3.C5H8O3.CH4/c1-6-15-34-23-10-12-29(4)22(16-23)7-8-24-25(29)11-13-30(5)26(24)17-27-28(30)21(3)31(35-27)14-9-20(2)18-32(31)19-33;1-17-7-12-28(29(15-17)16-30)18(2)25-24(32-28)14-23-21-6-5-19-13-20(31)8-10-26(19,3)22(21)9-11-27(23,25)4;1-3-4-8-5(6)7-2;/h6,19-28H,1,7-18H2,2-5H3;16-25,31H,5-15H2,1-4H3;3H,1,4H2,2H3;1H4/t20-,21-,22?,23-,24+,25?,26?,27?,28?,29-,30-,31-;17-,18-,19?,20-,21+,22?,23?,24?,25?,26-,27-,28-;;/m00../s1. The molecule has 0 aromatic rings. The van der Waals surface area contributed by atoms with E-state index in [0.717, 1.165) is 98.9 Å². The average Bonchev–Trinajstić information content (AvgIpc) is 4.08. The maximum atomic E-state index is 12.2. The van der Waals surface area contributed by atoms with E-state index < -0.39 is 6.16 Å². The molecule has 2 amide bonds. The van der Waals surface area contributed by atoms with Crippen molar-refractivity contribution in [3.63, 3.8) is 0 Å². The van der Waals surface area contributed by atoms with Crippen molar-refractivity contribution < 1.29 is 43.2 Å². The molecular formula is C65H106N2O9. The minimum absolute atomic E-state index is 0. The number of hydrogen-bond donors (Lipinski definition) is 1. The molecule has 8 saturated carbocycles. The van der Waals surface area contributed by atoms with Crippen LogP contribution in [0.25, 0.3) is 0 Å². The van der Waals surface area contributed by atoms with E-state index in [-0.39, 0.29) is 31.6 Å². The number of hydrogen-bond acceptors (Lipinski definition) is 9. The summed E-state index contributed by atoms with van der Waals surface area (Å²) in [5.74, 6) is 9.67. The Bertz CT molecular complexity index is 2090. The van der Waals surface area contributed by atoms with E-state index in [0.29, 0.717) is 82.1 Å². The van der Waals surface area contributed by atoms with Crippen molar-refractivity contribution in [2.24, 2.45) is 105 Å². The number of ether oxygens (including phenoxy) is 5. The number of piperidine rings is 2. The highest BCUT2D eigenvalue weighted by Gasteiger charge is 2.72. The maximum Gasteiger partial charge on any atom is 0.508 e. The van der Waals surface area contributed by atoms with E-state index in [1.807, 2.05) is 11.0 Å². The van der Waals surface area contributed by atoms with Gasteiger partial charge < -0.3 is 38.6 Å². The van der Waals surface area contributed by atoms with Crippen LogP contribution in [0, 0.1) is 105 Å². The maximum absolute atomic E-state index is 12.2. The lowest BCUT2D eigenvalue weighted by Gasteiger charge is -2.61. The summed E-state index contributed by atoms with van der Waals surface area (Å²) in [4.78, 5) is 38.5. The zero-order chi connectivity index (χ0) is 53.5. The number of likely N-dealkylation sites (tertiary alicyclic amines) is 2. The predicted molar refractivity (Wildman–Crippen MR) is 298 cm³/mol. The third-order valence-electron chi connectivity index (χ3n) is 25.8. The molecule has 0 radical (unpaired) electrons. The highest BCUT2D eigenvalue weighted by Crippen LogP contribution is 2.73. The minimum Gasteiger partial charge on any atom is -0.438 e. The van der Waals surface area contributed by atoms with E-state index in [2.05, 4.69) is 82.9 Å². The number of fused-ring (bicyclic) bond motifs is 14. The van der Waals surface area contributed by atoms with Crippen molar-refractivity contribution in [3.8, 4) is 0 Å². The molecule has 11 nitrogen and oxygen atoms in total. The molecule has 2 spiro atoms. The number of carbonyl (C=O) groups excluding carboxylic acids is 3. The van der Waals surface area contributed by atoms with Crippen LogP contribution in [0.5, 0.6) is 0 Å². The molecule has 8 aliphatic carbocycles. The van der Waals surface area contributed by atoms with E-state index in [9.17, 15) is 19.5 Å². The van der Waals surface area contributed by atoms with Crippen LogP contribution in [0.1, 0.15) is 191 Å². The van der Waals surface area contributed by atoms with Gasteiger partial charge in [0.05, 0.1) is 38.1 Å². The van der Waals surface area contributed by atoms with Gasteiger partial charge in [0.15, 0.2) is 0 Å². The van der Waals surface area contributed by atoms with Gasteiger partial charge in [0.1, 0.15) is 18.1 Å². The van der Waals surface area contributed by atoms with Gasteiger partial charge in [-0.3, -0.25) is 9.59 Å². The van der Waals surface area contributed by atoms with E-state index in [1.165, 1.54) is 116 Å². The van der Waals surface area contributed by atoms with Gasteiger partial charge in [0, 0.05) is 24.9 Å². The Balaban J connectivity index is 0.000000161. The summed E-state index contributed by atoms with van der Waals surface area (Å²) in [6, 6.07) is 0. The zero-order valence-corrected chi connectivity index (χ0v) is 48.2. The Morgan fingerprint density at radius 2 is 1.05 bits per heavy atom. The number of nitrogens with zero attached hydrogens (tertiary/aromatic N) is 2. The Morgan fingerprint density at radius 3 is 1.51 bits per heavy atom. The summed E-state index contributed by atoms with van der Waals surface area (Å²) in [7, 11) is 1.26. The number of aliphatic hydroxyl groups excluding tert-OH is 1. The van der Waals surface area contributed by atoms with Crippen LogP contribution in [0.15, 0.2) is 25.3 Å². The van der Waals surface area contributed by atoms with E-state index >= 15 is 0 Å². The molecule has 76 heavy (non-hydrogen) atoms. The highest BCUT2D eigenvalue weighted by molar-refractivity contribution is 5.59. The van der Waals surface area contributed by atoms with Crippen LogP contribution in [0.2, 0.25) is 0 Å².